The lowest BCUT2D eigenvalue weighted by Crippen LogP contribution is -2.19. The van der Waals surface area contributed by atoms with Crippen LogP contribution in [-0.4, -0.2) is 47.8 Å². The molecule has 2 aliphatic heterocycles. The number of amidine groups is 2. The average molecular weight is 382 g/mol. The third-order valence-electron chi connectivity index (χ3n) is 5.07. The summed E-state index contributed by atoms with van der Waals surface area (Å²) in [4.78, 5) is 18.4. The zero-order valence-corrected chi connectivity index (χ0v) is 16.3. The minimum Gasteiger partial charge on any atom is -0.368 e. The fourth-order valence-corrected chi connectivity index (χ4v) is 3.60. The van der Waals surface area contributed by atoms with Crippen LogP contribution in [0.15, 0.2) is 64.6 Å². The fourth-order valence-electron chi connectivity index (χ4n) is 3.60. The first-order valence-corrected chi connectivity index (χ1v) is 9.90. The number of hydrogen-bond acceptors (Lipinski definition) is 6. The van der Waals surface area contributed by atoms with Crippen molar-refractivity contribution in [2.75, 3.05) is 26.2 Å². The number of rotatable bonds is 4. The number of aromatic nitrogens is 2. The number of aliphatic imine (C=N–C) groups is 2. The van der Waals surface area contributed by atoms with E-state index >= 15 is 0 Å². The summed E-state index contributed by atoms with van der Waals surface area (Å²) in [5, 5.41) is 6.61. The maximum atomic E-state index is 4.83. The van der Waals surface area contributed by atoms with Crippen molar-refractivity contribution in [3.63, 3.8) is 0 Å². The second-order valence-corrected chi connectivity index (χ2v) is 7.19. The van der Waals surface area contributed by atoms with Gasteiger partial charge >= 0.3 is 0 Å². The fraction of sp³-hybridized carbons (Fsp3) is 0.217. The molecule has 0 saturated carbocycles. The molecule has 0 fully saturated rings. The summed E-state index contributed by atoms with van der Waals surface area (Å²) in [6.07, 6.45) is 0. The van der Waals surface area contributed by atoms with E-state index in [4.69, 9.17) is 4.98 Å². The van der Waals surface area contributed by atoms with Crippen LogP contribution in [0.25, 0.3) is 22.6 Å². The van der Waals surface area contributed by atoms with Crippen LogP contribution in [-0.2, 0) is 0 Å². The van der Waals surface area contributed by atoms with Gasteiger partial charge in [0.05, 0.1) is 18.8 Å². The van der Waals surface area contributed by atoms with Crippen molar-refractivity contribution < 1.29 is 0 Å². The van der Waals surface area contributed by atoms with Gasteiger partial charge in [-0.3, -0.25) is 9.98 Å². The van der Waals surface area contributed by atoms with Crippen LogP contribution in [0.2, 0.25) is 0 Å². The van der Waals surface area contributed by atoms with Crippen LogP contribution >= 0.6 is 0 Å². The Balaban J connectivity index is 1.44. The highest BCUT2D eigenvalue weighted by Gasteiger charge is 2.12. The van der Waals surface area contributed by atoms with E-state index in [0.29, 0.717) is 0 Å². The van der Waals surface area contributed by atoms with Gasteiger partial charge in [-0.15, -0.1) is 0 Å². The standard InChI is InChI=1S/C23H22N6/c1-15-14-20(16-2-4-17(5-3-16)21-24-10-11-25-21)29-23(28-15)19-8-6-18(7-9-19)22-26-12-13-27-22/h2-9,14H,10-13H2,1H3,(H,24,25)(H,26,27). The zero-order valence-electron chi connectivity index (χ0n) is 16.3. The van der Waals surface area contributed by atoms with E-state index in [9.17, 15) is 0 Å². The summed E-state index contributed by atoms with van der Waals surface area (Å²) in [5.41, 5.74) is 6.14. The summed E-state index contributed by atoms with van der Waals surface area (Å²) < 4.78 is 0. The molecule has 0 radical (unpaired) electrons. The molecule has 5 rings (SSSR count). The Morgan fingerprint density at radius 2 is 1.17 bits per heavy atom. The third kappa shape index (κ3) is 3.61. The summed E-state index contributed by atoms with van der Waals surface area (Å²) in [5.74, 6) is 2.67. The summed E-state index contributed by atoms with van der Waals surface area (Å²) >= 11 is 0. The summed E-state index contributed by atoms with van der Waals surface area (Å²) in [7, 11) is 0. The molecule has 3 heterocycles. The quantitative estimate of drug-likeness (QED) is 0.728. The SMILES string of the molecule is Cc1cc(-c2ccc(C3=NCCN3)cc2)nc(-c2ccc(C3=NCCN3)cc2)n1. The first-order valence-electron chi connectivity index (χ1n) is 9.90. The van der Waals surface area contributed by atoms with Gasteiger partial charge in [-0.25, -0.2) is 9.97 Å². The van der Waals surface area contributed by atoms with E-state index in [2.05, 4.69) is 74.1 Å². The van der Waals surface area contributed by atoms with Crippen molar-refractivity contribution in [2.45, 2.75) is 6.92 Å². The first kappa shape index (κ1) is 17.6. The number of aryl methyl sites for hydroxylation is 1. The minimum atomic E-state index is 0.735. The van der Waals surface area contributed by atoms with Gasteiger partial charge in [0.2, 0.25) is 0 Å². The van der Waals surface area contributed by atoms with Gasteiger partial charge in [0.25, 0.3) is 0 Å². The van der Waals surface area contributed by atoms with Crippen LogP contribution in [0.5, 0.6) is 0 Å². The topological polar surface area (TPSA) is 74.6 Å². The molecular weight excluding hydrogens is 360 g/mol. The third-order valence-corrected chi connectivity index (χ3v) is 5.07. The smallest absolute Gasteiger partial charge is 0.160 e. The van der Waals surface area contributed by atoms with Crippen LogP contribution < -0.4 is 10.6 Å². The number of hydrogen-bond donors (Lipinski definition) is 2. The van der Waals surface area contributed by atoms with Gasteiger partial charge in [0, 0.05) is 41.0 Å². The molecule has 0 spiro atoms. The minimum absolute atomic E-state index is 0.735. The molecule has 2 aromatic carbocycles. The Kier molecular flexibility index (Phi) is 4.52. The van der Waals surface area contributed by atoms with Crippen molar-refractivity contribution in [1.82, 2.24) is 20.6 Å². The Morgan fingerprint density at radius 1 is 0.655 bits per heavy atom. The maximum absolute atomic E-state index is 4.83. The van der Waals surface area contributed by atoms with Gasteiger partial charge in [0.15, 0.2) is 5.82 Å². The molecule has 2 aliphatic rings. The van der Waals surface area contributed by atoms with Crippen molar-refractivity contribution in [3.05, 3.63) is 71.4 Å². The Hall–Kier alpha value is -3.54. The van der Waals surface area contributed by atoms with Gasteiger partial charge in [-0.05, 0) is 13.0 Å². The molecule has 0 saturated heterocycles. The second-order valence-electron chi connectivity index (χ2n) is 7.19. The highest BCUT2D eigenvalue weighted by molar-refractivity contribution is 6.00. The molecule has 0 atom stereocenters. The predicted octanol–water partition coefficient (Wildman–Crippen LogP) is 2.82. The van der Waals surface area contributed by atoms with E-state index < -0.39 is 0 Å². The lowest BCUT2D eigenvalue weighted by atomic mass is 10.1. The average Bonchev–Trinajstić information content (AvgIpc) is 3.48. The van der Waals surface area contributed by atoms with E-state index in [1.807, 2.05) is 13.0 Å². The van der Waals surface area contributed by atoms with Gasteiger partial charge in [-0.2, -0.15) is 0 Å². The predicted molar refractivity (Wildman–Crippen MR) is 116 cm³/mol. The largest absolute Gasteiger partial charge is 0.368 e. The Bertz CT molecular complexity index is 1010. The molecule has 6 nitrogen and oxygen atoms in total. The highest BCUT2D eigenvalue weighted by atomic mass is 15.1. The van der Waals surface area contributed by atoms with Gasteiger partial charge in [-0.1, -0.05) is 48.5 Å². The molecule has 0 aliphatic carbocycles. The molecule has 0 bridgehead atoms. The van der Waals surface area contributed by atoms with Crippen LogP contribution in [0.1, 0.15) is 16.8 Å². The van der Waals surface area contributed by atoms with E-state index in [0.717, 1.165) is 77.3 Å². The molecule has 3 aromatic rings. The molecule has 2 N–H and O–H groups in total. The monoisotopic (exact) mass is 382 g/mol. The molecular formula is C23H22N6. The zero-order chi connectivity index (χ0) is 19.6. The molecule has 0 unspecified atom stereocenters. The van der Waals surface area contributed by atoms with Crippen LogP contribution in [0.3, 0.4) is 0 Å². The van der Waals surface area contributed by atoms with E-state index in [1.54, 1.807) is 0 Å². The molecule has 1 aromatic heterocycles. The molecule has 0 amide bonds. The molecule has 144 valence electrons. The molecule has 29 heavy (non-hydrogen) atoms. The van der Waals surface area contributed by atoms with Gasteiger partial charge < -0.3 is 10.6 Å². The lowest BCUT2D eigenvalue weighted by Gasteiger charge is -2.09. The number of nitrogens with zero attached hydrogens (tertiary/aromatic N) is 4. The second kappa shape index (κ2) is 7.47. The first-order chi connectivity index (χ1) is 14.3. The van der Waals surface area contributed by atoms with E-state index in [-0.39, 0.29) is 0 Å². The number of benzene rings is 2. The summed E-state index contributed by atoms with van der Waals surface area (Å²) in [6.45, 7) is 5.50. The number of nitrogens with one attached hydrogen (secondary N) is 2. The Morgan fingerprint density at radius 3 is 1.69 bits per heavy atom. The maximum Gasteiger partial charge on any atom is 0.160 e. The van der Waals surface area contributed by atoms with Crippen LogP contribution in [0, 0.1) is 6.92 Å². The lowest BCUT2D eigenvalue weighted by molar-refractivity contribution is 0.960. The van der Waals surface area contributed by atoms with E-state index in [1.165, 1.54) is 0 Å². The highest BCUT2D eigenvalue weighted by Crippen LogP contribution is 2.23. The van der Waals surface area contributed by atoms with Gasteiger partial charge in [0.1, 0.15) is 11.7 Å². The normalized spacial score (nSPS) is 15.5. The van der Waals surface area contributed by atoms with Crippen molar-refractivity contribution in [1.29, 1.82) is 0 Å². The van der Waals surface area contributed by atoms with Crippen molar-refractivity contribution >= 4 is 11.7 Å². The van der Waals surface area contributed by atoms with Crippen molar-refractivity contribution in [3.8, 4) is 22.6 Å². The summed E-state index contributed by atoms with van der Waals surface area (Å²) in [6, 6.07) is 18.7. The molecule has 6 heteroatoms. The van der Waals surface area contributed by atoms with Crippen molar-refractivity contribution in [2.24, 2.45) is 9.98 Å². The Labute approximate surface area is 169 Å². The van der Waals surface area contributed by atoms with Crippen LogP contribution in [0.4, 0.5) is 0 Å².